The predicted molar refractivity (Wildman–Crippen MR) is 106 cm³/mol. The summed E-state index contributed by atoms with van der Waals surface area (Å²) in [5.74, 6) is -0.593. The number of ether oxygens (including phenoxy) is 1. The van der Waals surface area contributed by atoms with E-state index in [1.54, 1.807) is 47.9 Å². The minimum absolute atomic E-state index is 0.0496. The predicted octanol–water partition coefficient (Wildman–Crippen LogP) is 1.67. The third kappa shape index (κ3) is 4.54. The fraction of sp³-hybridized carbons (Fsp3) is 0.300. The van der Waals surface area contributed by atoms with Gasteiger partial charge < -0.3 is 19.5 Å². The topological polar surface area (TPSA) is 105 Å². The van der Waals surface area contributed by atoms with E-state index in [1.807, 2.05) is 4.57 Å². The second-order valence-corrected chi connectivity index (χ2v) is 6.89. The Bertz CT molecular complexity index is 1020. The molecule has 30 heavy (non-hydrogen) atoms. The van der Waals surface area contributed by atoms with Crippen molar-refractivity contribution >= 4 is 17.6 Å². The van der Waals surface area contributed by atoms with E-state index in [0.717, 1.165) is 0 Å². The van der Waals surface area contributed by atoms with E-state index in [-0.39, 0.29) is 30.7 Å². The van der Waals surface area contributed by atoms with E-state index in [9.17, 15) is 14.0 Å². The number of H-pyrrole nitrogens is 1. The number of carbonyl (C=O) groups is 2. The van der Waals surface area contributed by atoms with Gasteiger partial charge in [0.2, 0.25) is 5.91 Å². The molecule has 1 aliphatic rings. The number of rotatable bonds is 6. The Labute approximate surface area is 171 Å². The van der Waals surface area contributed by atoms with Crippen LogP contribution in [0.3, 0.4) is 0 Å². The van der Waals surface area contributed by atoms with Gasteiger partial charge in [-0.25, -0.2) is 9.37 Å². The second-order valence-electron chi connectivity index (χ2n) is 6.89. The van der Waals surface area contributed by atoms with Crippen molar-refractivity contribution in [1.82, 2.24) is 24.6 Å². The number of hydrogen-bond acceptors (Lipinski definition) is 5. The number of amides is 2. The van der Waals surface area contributed by atoms with E-state index in [2.05, 4.69) is 20.5 Å². The zero-order chi connectivity index (χ0) is 20.9. The Morgan fingerprint density at radius 1 is 1.33 bits per heavy atom. The highest BCUT2D eigenvalue weighted by Crippen LogP contribution is 2.22. The minimum atomic E-state index is -0.801. The molecular weight excluding hydrogens is 391 g/mol. The summed E-state index contributed by atoms with van der Waals surface area (Å²) in [6, 6.07) is 7.83. The van der Waals surface area contributed by atoms with Crippen molar-refractivity contribution in [3.63, 3.8) is 0 Å². The SMILES string of the molecule is O=C(Nc1cc(-c2ccccc2F)[nH]n1)C1CN(C(=O)CCn2ccnc2)CCO1. The number of aryl methyl sites for hydroxylation is 1. The van der Waals surface area contributed by atoms with Crippen LogP contribution in [0.15, 0.2) is 49.1 Å². The molecule has 1 saturated heterocycles. The summed E-state index contributed by atoms with van der Waals surface area (Å²) in [6.07, 6.45) is 4.62. The molecule has 1 aliphatic heterocycles. The number of nitrogens with one attached hydrogen (secondary N) is 2. The zero-order valence-corrected chi connectivity index (χ0v) is 16.1. The monoisotopic (exact) mass is 412 g/mol. The highest BCUT2D eigenvalue weighted by Gasteiger charge is 2.29. The Kier molecular flexibility index (Phi) is 5.84. The molecule has 0 radical (unpaired) electrons. The molecule has 9 nitrogen and oxygen atoms in total. The third-order valence-electron chi connectivity index (χ3n) is 4.85. The maximum atomic E-state index is 13.9. The molecule has 1 unspecified atom stereocenters. The number of aromatic amines is 1. The molecule has 2 aromatic heterocycles. The van der Waals surface area contributed by atoms with Crippen LogP contribution in [0.1, 0.15) is 6.42 Å². The van der Waals surface area contributed by atoms with Crippen LogP contribution >= 0.6 is 0 Å². The van der Waals surface area contributed by atoms with Crippen LogP contribution in [0, 0.1) is 5.82 Å². The lowest BCUT2D eigenvalue weighted by Crippen LogP contribution is -2.50. The van der Waals surface area contributed by atoms with Gasteiger partial charge in [-0.1, -0.05) is 12.1 Å². The molecule has 0 saturated carbocycles. The van der Waals surface area contributed by atoms with Crippen LogP contribution in [0.25, 0.3) is 11.3 Å². The fourth-order valence-corrected chi connectivity index (χ4v) is 3.25. The summed E-state index contributed by atoms with van der Waals surface area (Å²) in [5, 5.41) is 9.38. The number of nitrogens with zero attached hydrogens (tertiary/aromatic N) is 4. The first kappa shape index (κ1) is 19.8. The number of hydrogen-bond donors (Lipinski definition) is 2. The number of halogens is 1. The molecule has 0 bridgehead atoms. The smallest absolute Gasteiger partial charge is 0.256 e. The molecule has 10 heteroatoms. The van der Waals surface area contributed by atoms with Crippen molar-refractivity contribution in [2.75, 3.05) is 25.0 Å². The molecule has 4 rings (SSSR count). The summed E-state index contributed by atoms with van der Waals surface area (Å²) >= 11 is 0. The molecule has 3 heterocycles. The zero-order valence-electron chi connectivity index (χ0n) is 16.1. The molecule has 2 amide bonds. The van der Waals surface area contributed by atoms with Crippen LogP contribution in [-0.2, 0) is 20.9 Å². The van der Waals surface area contributed by atoms with Gasteiger partial charge in [0.15, 0.2) is 11.9 Å². The number of morpholine rings is 1. The summed E-state index contributed by atoms with van der Waals surface area (Å²) in [6.45, 7) is 1.40. The van der Waals surface area contributed by atoms with Crippen molar-refractivity contribution < 1.29 is 18.7 Å². The van der Waals surface area contributed by atoms with Gasteiger partial charge in [-0.3, -0.25) is 14.7 Å². The average molecular weight is 412 g/mol. The van der Waals surface area contributed by atoms with Crippen LogP contribution < -0.4 is 5.32 Å². The normalized spacial score (nSPS) is 16.4. The second kappa shape index (κ2) is 8.87. The van der Waals surface area contributed by atoms with Crippen LogP contribution in [0.2, 0.25) is 0 Å². The third-order valence-corrected chi connectivity index (χ3v) is 4.85. The maximum absolute atomic E-state index is 13.9. The average Bonchev–Trinajstić information content (AvgIpc) is 3.44. The van der Waals surface area contributed by atoms with E-state index < -0.39 is 12.0 Å². The first-order valence-electron chi connectivity index (χ1n) is 9.56. The molecule has 0 aliphatic carbocycles. The highest BCUT2D eigenvalue weighted by atomic mass is 19.1. The van der Waals surface area contributed by atoms with Gasteiger partial charge in [0.25, 0.3) is 5.91 Å². The summed E-state index contributed by atoms with van der Waals surface area (Å²) in [4.78, 5) is 30.6. The fourth-order valence-electron chi connectivity index (χ4n) is 3.25. The summed E-state index contributed by atoms with van der Waals surface area (Å²) < 4.78 is 21.3. The maximum Gasteiger partial charge on any atom is 0.256 e. The van der Waals surface area contributed by atoms with Gasteiger partial charge in [0.1, 0.15) is 5.82 Å². The molecule has 1 aromatic carbocycles. The van der Waals surface area contributed by atoms with Crippen molar-refractivity contribution in [3.8, 4) is 11.3 Å². The van der Waals surface area contributed by atoms with Gasteiger partial charge in [-0.15, -0.1) is 0 Å². The number of aromatic nitrogens is 4. The van der Waals surface area contributed by atoms with E-state index in [4.69, 9.17) is 4.74 Å². The molecule has 0 spiro atoms. The van der Waals surface area contributed by atoms with E-state index in [0.29, 0.717) is 30.8 Å². The number of benzene rings is 1. The van der Waals surface area contributed by atoms with Crippen molar-refractivity contribution in [3.05, 3.63) is 54.9 Å². The number of anilines is 1. The Morgan fingerprint density at radius 3 is 3.00 bits per heavy atom. The Hall–Kier alpha value is -3.53. The Morgan fingerprint density at radius 2 is 2.20 bits per heavy atom. The molecule has 1 fully saturated rings. The van der Waals surface area contributed by atoms with Crippen molar-refractivity contribution in [2.45, 2.75) is 19.1 Å². The van der Waals surface area contributed by atoms with Crippen LogP contribution in [-0.4, -0.2) is 62.3 Å². The largest absolute Gasteiger partial charge is 0.365 e. The van der Waals surface area contributed by atoms with Crippen LogP contribution in [0.5, 0.6) is 0 Å². The first-order valence-corrected chi connectivity index (χ1v) is 9.56. The van der Waals surface area contributed by atoms with Crippen molar-refractivity contribution in [2.24, 2.45) is 0 Å². The first-order chi connectivity index (χ1) is 14.6. The molecule has 1 atom stereocenters. The summed E-state index contributed by atoms with van der Waals surface area (Å²) in [7, 11) is 0. The van der Waals surface area contributed by atoms with Gasteiger partial charge >= 0.3 is 0 Å². The van der Waals surface area contributed by atoms with Crippen molar-refractivity contribution in [1.29, 1.82) is 0 Å². The highest BCUT2D eigenvalue weighted by molar-refractivity contribution is 5.94. The number of carbonyl (C=O) groups excluding carboxylic acids is 2. The number of imidazole rings is 1. The van der Waals surface area contributed by atoms with Crippen LogP contribution in [0.4, 0.5) is 10.2 Å². The summed E-state index contributed by atoms with van der Waals surface area (Å²) in [5.41, 5.74) is 0.804. The molecule has 2 N–H and O–H groups in total. The van der Waals surface area contributed by atoms with E-state index >= 15 is 0 Å². The van der Waals surface area contributed by atoms with Gasteiger partial charge in [-0.2, -0.15) is 5.10 Å². The van der Waals surface area contributed by atoms with Gasteiger partial charge in [0, 0.05) is 43.5 Å². The lowest BCUT2D eigenvalue weighted by molar-refractivity contribution is -0.144. The molecule has 3 aromatic rings. The quantitative estimate of drug-likeness (QED) is 0.641. The standard InChI is InChI=1S/C20H21FN6O3/c21-15-4-2-1-3-14(15)16-11-18(25-24-16)23-20(29)17-12-27(9-10-30-17)19(28)5-7-26-8-6-22-13-26/h1-4,6,8,11,13,17H,5,7,9-10,12H2,(H2,23,24,25,29). The van der Waals surface area contributed by atoms with E-state index in [1.165, 1.54) is 6.07 Å². The molecular formula is C20H21FN6O3. The lowest BCUT2D eigenvalue weighted by Gasteiger charge is -2.32. The minimum Gasteiger partial charge on any atom is -0.365 e. The lowest BCUT2D eigenvalue weighted by atomic mass is 10.1. The van der Waals surface area contributed by atoms with Gasteiger partial charge in [0.05, 0.1) is 25.2 Å². The van der Waals surface area contributed by atoms with Gasteiger partial charge in [-0.05, 0) is 12.1 Å². The Balaban J connectivity index is 1.33. The molecule has 156 valence electrons.